The summed E-state index contributed by atoms with van der Waals surface area (Å²) in [5, 5.41) is 35.7. The van der Waals surface area contributed by atoms with Gasteiger partial charge in [-0.2, -0.15) is 0 Å². The number of ether oxygens (including phenoxy) is 5. The number of hydrogen-bond donors (Lipinski definition) is 2. The van der Waals surface area contributed by atoms with Gasteiger partial charge in [-0.1, -0.05) is 71.1 Å². The predicted octanol–water partition coefficient (Wildman–Crippen LogP) is 6.99. The molecule has 69 heavy (non-hydrogen) atoms. The highest BCUT2D eigenvalue weighted by Gasteiger charge is 2.55. The van der Waals surface area contributed by atoms with E-state index in [-0.39, 0.29) is 67.3 Å². The SMILES string of the molecule is CO[C@H]1C[C@@H]2CC[C@@H](C)C(=O)C(O)(O2)C(=O)N2CCCCC2C(=O)O[C@H]([C@H](C)C[C@@H]2CC[C@H]([N+]3=NN=NC3)[C@H](OC)C2)CC(=O)[C@H](C)C=C(C)[C@@H](O)[C@@H](OC)C(=O)[C@@H](C)C[C@H](C)C=CC=CC=C1C. The van der Waals surface area contributed by atoms with Crippen molar-refractivity contribution in [1.82, 2.24) is 4.90 Å². The highest BCUT2D eigenvalue weighted by molar-refractivity contribution is 6.09. The van der Waals surface area contributed by atoms with Crippen molar-refractivity contribution in [2.45, 2.75) is 180 Å². The summed E-state index contributed by atoms with van der Waals surface area (Å²) in [6.45, 7) is 13.2. The molecule has 17 nitrogen and oxygen atoms in total. The van der Waals surface area contributed by atoms with Crippen LogP contribution in [0.25, 0.3) is 0 Å². The van der Waals surface area contributed by atoms with Crippen molar-refractivity contribution < 1.29 is 62.6 Å². The number of carbonyl (C=O) groups is 5. The number of methoxy groups -OCH3 is 3. The van der Waals surface area contributed by atoms with E-state index in [0.717, 1.165) is 18.4 Å². The predicted molar refractivity (Wildman–Crippen MR) is 255 cm³/mol. The molecule has 2 N–H and O–H groups in total. The van der Waals surface area contributed by atoms with Gasteiger partial charge in [0.05, 0.1) is 18.3 Å². The molecule has 1 saturated carbocycles. The molecular formula is C52H80N5O12+. The first-order valence-corrected chi connectivity index (χ1v) is 25.2. The van der Waals surface area contributed by atoms with E-state index < -0.39 is 77.8 Å². The fourth-order valence-corrected chi connectivity index (χ4v) is 10.8. The van der Waals surface area contributed by atoms with Crippen LogP contribution in [0, 0.1) is 35.5 Å². The number of ketones is 3. The third-order valence-corrected chi connectivity index (χ3v) is 15.2. The molecule has 17 heteroatoms. The second kappa shape index (κ2) is 25.8. The lowest BCUT2D eigenvalue weighted by Crippen LogP contribution is -2.62. The molecule has 3 fully saturated rings. The van der Waals surface area contributed by atoms with Crippen LogP contribution in [0.3, 0.4) is 0 Å². The van der Waals surface area contributed by atoms with Crippen LogP contribution in [0.2, 0.25) is 0 Å². The van der Waals surface area contributed by atoms with E-state index in [0.29, 0.717) is 57.2 Å². The zero-order valence-corrected chi connectivity index (χ0v) is 42.7. The molecule has 15 atom stereocenters. The minimum atomic E-state index is -2.85. The highest BCUT2D eigenvalue weighted by Crippen LogP contribution is 2.37. The lowest BCUT2D eigenvalue weighted by molar-refractivity contribution is -0.631. The Morgan fingerprint density at radius 3 is 2.32 bits per heavy atom. The van der Waals surface area contributed by atoms with E-state index in [1.807, 2.05) is 62.8 Å². The van der Waals surface area contributed by atoms with E-state index >= 15 is 0 Å². The van der Waals surface area contributed by atoms with Crippen LogP contribution < -0.4 is 0 Å². The fourth-order valence-electron chi connectivity index (χ4n) is 10.8. The van der Waals surface area contributed by atoms with Crippen molar-refractivity contribution in [2.75, 3.05) is 34.5 Å². The number of nitrogens with zero attached hydrogens (tertiary/aromatic N) is 5. The summed E-state index contributed by atoms with van der Waals surface area (Å²) in [5.41, 5.74) is 1.24. The van der Waals surface area contributed by atoms with Gasteiger partial charge in [-0.05, 0) is 112 Å². The molecule has 2 bridgehead atoms. The third-order valence-electron chi connectivity index (χ3n) is 15.2. The normalized spacial score (nSPS) is 37.2. The Morgan fingerprint density at radius 2 is 1.64 bits per heavy atom. The molecule has 5 aliphatic rings. The van der Waals surface area contributed by atoms with Crippen LogP contribution in [0.15, 0.2) is 63.2 Å². The van der Waals surface area contributed by atoms with Crippen LogP contribution in [0.4, 0.5) is 0 Å². The summed E-state index contributed by atoms with van der Waals surface area (Å²) >= 11 is 0. The molecule has 1 aliphatic carbocycles. The smallest absolute Gasteiger partial charge is 0.329 e. The van der Waals surface area contributed by atoms with E-state index in [4.69, 9.17) is 23.7 Å². The monoisotopic (exact) mass is 967 g/mol. The maximum absolute atomic E-state index is 14.7. The first-order valence-electron chi connectivity index (χ1n) is 25.2. The van der Waals surface area contributed by atoms with E-state index in [1.165, 1.54) is 12.0 Å². The van der Waals surface area contributed by atoms with Gasteiger partial charge in [0.1, 0.15) is 36.2 Å². The van der Waals surface area contributed by atoms with Crippen LogP contribution in [0.1, 0.15) is 126 Å². The molecule has 384 valence electrons. The minimum Gasteiger partial charge on any atom is -0.460 e. The molecule has 4 aliphatic heterocycles. The summed E-state index contributed by atoms with van der Waals surface area (Å²) < 4.78 is 31.9. The Bertz CT molecular complexity index is 2000. The van der Waals surface area contributed by atoms with E-state index in [9.17, 15) is 34.2 Å². The Hall–Kier alpha value is -4.13. The van der Waals surface area contributed by atoms with Crippen molar-refractivity contribution in [3.63, 3.8) is 0 Å². The first kappa shape index (κ1) is 55.8. The Morgan fingerprint density at radius 1 is 0.884 bits per heavy atom. The minimum absolute atomic E-state index is 0.00176. The van der Waals surface area contributed by atoms with Crippen LogP contribution in [-0.4, -0.2) is 138 Å². The average molecular weight is 967 g/mol. The van der Waals surface area contributed by atoms with Gasteiger partial charge < -0.3 is 38.8 Å². The van der Waals surface area contributed by atoms with Crippen molar-refractivity contribution in [3.05, 3.63) is 47.6 Å². The summed E-state index contributed by atoms with van der Waals surface area (Å²) in [5.74, 6) is -7.93. The summed E-state index contributed by atoms with van der Waals surface area (Å²) in [4.78, 5) is 72.6. The van der Waals surface area contributed by atoms with Crippen LogP contribution >= 0.6 is 0 Å². The van der Waals surface area contributed by atoms with E-state index in [2.05, 4.69) is 15.6 Å². The number of Topliss-reactive ketones (excluding diaryl/α,β-unsaturated/α-hetero) is 3. The van der Waals surface area contributed by atoms with Gasteiger partial charge >= 0.3 is 11.8 Å². The molecule has 2 unspecified atom stereocenters. The van der Waals surface area contributed by atoms with Gasteiger partial charge in [0, 0.05) is 58.5 Å². The number of rotatable bonds is 7. The summed E-state index contributed by atoms with van der Waals surface area (Å²) in [6, 6.07) is -1.16. The molecular weight excluding hydrogens is 887 g/mol. The number of aliphatic hydroxyl groups excluding tert-OH is 1. The Balaban J connectivity index is 1.49. The number of piperidine rings is 1. The molecule has 0 spiro atoms. The number of allylic oxidation sites excluding steroid dienone is 6. The fraction of sp³-hybridized carbons (Fsp3) is 0.750. The van der Waals surface area contributed by atoms with Gasteiger partial charge in [0.15, 0.2) is 11.0 Å². The topological polar surface area (TPSA) is 215 Å². The lowest BCUT2D eigenvalue weighted by Gasteiger charge is -2.40. The highest BCUT2D eigenvalue weighted by atomic mass is 16.6. The molecule has 0 aromatic carbocycles. The number of amides is 1. The zero-order valence-electron chi connectivity index (χ0n) is 42.7. The van der Waals surface area contributed by atoms with Crippen LogP contribution in [0.5, 0.6) is 0 Å². The van der Waals surface area contributed by atoms with Gasteiger partial charge in [-0.15, -0.1) is 4.70 Å². The molecule has 0 aromatic heterocycles. The number of cyclic esters (lactones) is 1. The number of aliphatic hydroxyl groups is 2. The number of carbonyl (C=O) groups excluding carboxylic acids is 5. The van der Waals surface area contributed by atoms with Gasteiger partial charge in [-0.3, -0.25) is 19.2 Å². The molecule has 4 heterocycles. The van der Waals surface area contributed by atoms with Crippen molar-refractivity contribution in [3.8, 4) is 0 Å². The maximum Gasteiger partial charge on any atom is 0.329 e. The molecule has 0 aromatic rings. The van der Waals surface area contributed by atoms with E-state index in [1.54, 1.807) is 41.1 Å². The quantitative estimate of drug-likeness (QED) is 0.114. The van der Waals surface area contributed by atoms with Crippen molar-refractivity contribution >= 4 is 29.2 Å². The largest absolute Gasteiger partial charge is 0.460 e. The average Bonchev–Trinajstić information content (AvgIpc) is 3.85. The van der Waals surface area contributed by atoms with Crippen molar-refractivity contribution in [2.24, 2.45) is 51.1 Å². The van der Waals surface area contributed by atoms with Crippen molar-refractivity contribution in [1.29, 1.82) is 0 Å². The Labute approximate surface area is 408 Å². The standard InChI is InChI=1S/C52H80N5O12/c1-31-16-12-11-13-17-32(2)43(65-8)28-39-21-19-33(3)49(61)52(64,69-39)51(63)56-23-15-14-18-41(56)50(62)68-44(35(5)26-38-20-22-40(45(27-38)66-9)57-30-53-54-55-57)29-42(58)34(4)25-37(7)47(60)48(67-10)46(59)36(6)24-31/h11-13,16-17,25,31,33-36,38-41,43-45,47-48,60,64H,14-15,18-24,26-30H2,1-10H3/q+1/t31-,33-,34-,35-,36+,38+,39+,40+,41?,43+,44+,45-,47-,48+,52?/m1/s1. The molecule has 1 amide bonds. The summed E-state index contributed by atoms with van der Waals surface area (Å²) in [7, 11) is 4.62. The molecule has 2 saturated heterocycles. The first-order chi connectivity index (χ1) is 32.8. The summed E-state index contributed by atoms with van der Waals surface area (Å²) in [6.07, 6.45) is 12.0. The van der Waals surface area contributed by atoms with Gasteiger partial charge in [-0.25, -0.2) is 4.79 Å². The number of fused-ring (bicyclic) bond motifs is 3. The lowest BCUT2D eigenvalue weighted by atomic mass is 9.77. The Kier molecular flexibility index (Phi) is 20.9. The van der Waals surface area contributed by atoms with Crippen LogP contribution in [-0.2, 0) is 47.7 Å². The second-order valence-electron chi connectivity index (χ2n) is 20.5. The second-order valence-corrected chi connectivity index (χ2v) is 20.5. The third kappa shape index (κ3) is 14.3. The maximum atomic E-state index is 14.7. The number of hydrogen-bond acceptors (Lipinski definition) is 15. The molecule has 5 rings (SSSR count). The number of esters is 1. The van der Waals surface area contributed by atoms with Gasteiger partial charge in [0.25, 0.3) is 5.91 Å². The molecule has 0 radical (unpaired) electrons. The zero-order chi connectivity index (χ0) is 50.6. The van der Waals surface area contributed by atoms with Gasteiger partial charge in [0.2, 0.25) is 17.7 Å².